The maximum atomic E-state index is 2.49. The summed E-state index contributed by atoms with van der Waals surface area (Å²) in [7, 11) is 0. The molecule has 0 bridgehead atoms. The molecular formula is C92H82S12. The molecule has 0 nitrogen and oxygen atoms in total. The van der Waals surface area contributed by atoms with Crippen LogP contribution in [-0.4, -0.2) is 0 Å². The highest BCUT2D eigenvalue weighted by Crippen LogP contribution is 2.56. The quantitative estimate of drug-likeness (QED) is 0.0410. The minimum Gasteiger partial charge on any atom is -0.139 e. The van der Waals surface area contributed by atoms with E-state index in [0.29, 0.717) is 0 Å². The Morgan fingerprint density at radius 1 is 0.183 bits per heavy atom. The third-order valence-electron chi connectivity index (χ3n) is 19.7. The first kappa shape index (κ1) is 71.5. The van der Waals surface area contributed by atoms with Gasteiger partial charge in [-0.05, 0) is 217 Å². The molecule has 0 aliphatic carbocycles. The van der Waals surface area contributed by atoms with Crippen LogP contribution in [0.2, 0.25) is 0 Å². The summed E-state index contributed by atoms with van der Waals surface area (Å²) in [5.74, 6) is 0. The van der Waals surface area contributed by atoms with E-state index in [1.807, 2.05) is 136 Å². The summed E-state index contributed by atoms with van der Waals surface area (Å²) >= 11 is 23.4. The number of unbranched alkanes of at least 4 members (excludes halogenated alkanes) is 6. The van der Waals surface area contributed by atoms with Gasteiger partial charge in [0.15, 0.2) is 0 Å². The number of aryl methyl sites for hydroxylation is 6. The van der Waals surface area contributed by atoms with Crippen molar-refractivity contribution in [1.29, 1.82) is 0 Å². The van der Waals surface area contributed by atoms with Crippen LogP contribution in [0.4, 0.5) is 0 Å². The van der Waals surface area contributed by atoms with Crippen LogP contribution in [0.1, 0.15) is 125 Å². The predicted octanol–water partition coefficient (Wildman–Crippen LogP) is 33.9. The minimum absolute atomic E-state index is 1.02. The van der Waals surface area contributed by atoms with Crippen molar-refractivity contribution in [3.05, 3.63) is 250 Å². The van der Waals surface area contributed by atoms with Crippen molar-refractivity contribution in [3.63, 3.8) is 0 Å². The fraction of sp³-hybridized carbons (Fsp3) is 0.217. The lowest BCUT2D eigenvalue weighted by Gasteiger charge is -2.04. The average Bonchev–Trinajstić information content (AvgIpc) is 1.91. The van der Waals surface area contributed by atoms with Crippen molar-refractivity contribution < 1.29 is 0 Å². The van der Waals surface area contributed by atoms with E-state index in [1.54, 1.807) is 0 Å². The van der Waals surface area contributed by atoms with Gasteiger partial charge >= 0.3 is 0 Å². The lowest BCUT2D eigenvalue weighted by atomic mass is 10.0. The van der Waals surface area contributed by atoms with Crippen LogP contribution in [0.3, 0.4) is 0 Å². The molecule has 0 radical (unpaired) electrons. The highest BCUT2D eigenvalue weighted by molar-refractivity contribution is 7.33. The number of thiophene rings is 12. The van der Waals surface area contributed by atoms with Crippen LogP contribution in [0.15, 0.2) is 218 Å². The second-order valence-corrected chi connectivity index (χ2v) is 39.8. The number of hydrogen-bond acceptors (Lipinski definition) is 12. The zero-order valence-electron chi connectivity index (χ0n) is 59.6. The molecule has 12 heterocycles. The maximum Gasteiger partial charge on any atom is 0.0528 e. The fourth-order valence-corrected chi connectivity index (χ4v) is 27.6. The van der Waals surface area contributed by atoms with Gasteiger partial charge in [-0.1, -0.05) is 177 Å². The molecule has 0 saturated carbocycles. The van der Waals surface area contributed by atoms with E-state index in [4.69, 9.17) is 0 Å². The molecule has 12 heteroatoms. The van der Waals surface area contributed by atoms with Gasteiger partial charge in [0.25, 0.3) is 0 Å². The van der Waals surface area contributed by atoms with Crippen molar-refractivity contribution in [1.82, 2.24) is 0 Å². The van der Waals surface area contributed by atoms with Crippen molar-refractivity contribution >= 4 is 136 Å². The van der Waals surface area contributed by atoms with Gasteiger partial charge in [0, 0.05) is 120 Å². The summed E-state index contributed by atoms with van der Waals surface area (Å²) in [5, 5.41) is 0. The largest absolute Gasteiger partial charge is 0.139 e. The molecular weight excluding hydrogens is 1490 g/mol. The molecule has 16 aromatic rings. The Balaban J connectivity index is 0.682. The van der Waals surface area contributed by atoms with Crippen LogP contribution in [0.25, 0.3) is 152 Å². The first-order chi connectivity index (χ1) is 51.2. The molecule has 0 fully saturated rings. The Bertz CT molecular complexity index is 5170. The molecule has 0 aliphatic heterocycles. The Morgan fingerprint density at radius 3 is 0.635 bits per heavy atom. The molecule has 104 heavy (non-hydrogen) atoms. The van der Waals surface area contributed by atoms with E-state index < -0.39 is 0 Å². The van der Waals surface area contributed by atoms with Crippen molar-refractivity contribution in [2.45, 2.75) is 131 Å². The SMILES string of the molecule is CCCCCCc1ccc(-c2cc(-c3ccc(CC)cc3)c(-c3ccc(-c4ccc(-c5ccc(-c6sc(-c7cc(-c8ccc(CC)cc8)c(-c8ccc(-c9ccc(-c%10ccc(-c%11sc(-c%12ccc(CCCCCC)s%12)cc%11-c%11ccc(CC)cc%11)s%10)s9)s8)s7)cc6-c6ccc(CC)cc6)s5)s4)s3)s2)s1. The molecule has 16 rings (SSSR count). The highest BCUT2D eigenvalue weighted by atomic mass is 32.1. The molecule has 0 saturated heterocycles. The van der Waals surface area contributed by atoms with Gasteiger partial charge in [-0.3, -0.25) is 0 Å². The molecule has 0 N–H and O–H groups in total. The van der Waals surface area contributed by atoms with Crippen molar-refractivity contribution in [2.75, 3.05) is 0 Å². The van der Waals surface area contributed by atoms with E-state index >= 15 is 0 Å². The normalized spacial score (nSPS) is 11.7. The molecule has 4 aromatic carbocycles. The molecule has 0 unspecified atom stereocenters. The van der Waals surface area contributed by atoms with Gasteiger partial charge in [-0.15, -0.1) is 136 Å². The zero-order chi connectivity index (χ0) is 70.6. The predicted molar refractivity (Wildman–Crippen MR) is 476 cm³/mol. The summed E-state index contributed by atoms with van der Waals surface area (Å²) in [6.45, 7) is 13.6. The van der Waals surface area contributed by atoms with Gasteiger partial charge in [0.1, 0.15) is 0 Å². The first-order valence-corrected chi connectivity index (χ1v) is 46.7. The average molecular weight is 1570 g/mol. The van der Waals surface area contributed by atoms with Crippen LogP contribution in [-0.2, 0) is 38.5 Å². The Hall–Kier alpha value is -6.72. The number of rotatable bonds is 29. The maximum absolute atomic E-state index is 2.49. The highest BCUT2D eigenvalue weighted by Gasteiger charge is 2.25. The molecule has 0 spiro atoms. The summed E-state index contributed by atoms with van der Waals surface area (Å²) in [4.78, 5) is 32.3. The summed E-state index contributed by atoms with van der Waals surface area (Å²) in [6.07, 6.45) is 16.8. The fourth-order valence-electron chi connectivity index (χ4n) is 13.6. The van der Waals surface area contributed by atoms with E-state index in [9.17, 15) is 0 Å². The number of hydrogen-bond donors (Lipinski definition) is 0. The summed E-state index contributed by atoms with van der Waals surface area (Å²) in [5.41, 5.74) is 15.9. The van der Waals surface area contributed by atoms with E-state index in [-0.39, 0.29) is 0 Å². The van der Waals surface area contributed by atoms with Gasteiger partial charge in [-0.25, -0.2) is 0 Å². The first-order valence-electron chi connectivity index (χ1n) is 36.9. The number of benzene rings is 4. The lowest BCUT2D eigenvalue weighted by Crippen LogP contribution is -1.81. The third kappa shape index (κ3) is 15.6. The van der Waals surface area contributed by atoms with Gasteiger partial charge in [0.2, 0.25) is 0 Å². The van der Waals surface area contributed by atoms with Gasteiger partial charge < -0.3 is 0 Å². The van der Waals surface area contributed by atoms with Gasteiger partial charge in [-0.2, -0.15) is 0 Å². The van der Waals surface area contributed by atoms with E-state index in [2.05, 4.69) is 260 Å². The Morgan fingerprint density at radius 2 is 0.394 bits per heavy atom. The molecule has 0 atom stereocenters. The standard InChI is InChI=1S/C92H82S12/c1-7-13-15-17-19-65-37-39-79(93-65)85-53-67(61-29-21-57(9-3)22-30-61)89(101-85)81-49-45-75(97-81)71-41-43-73(95-71)77-47-51-83(99-77)91-69(63-33-25-59(11-5)26-34-63)55-87(103-91)88-56-70(64-35-27-60(12-6)28-36-64)92(104-88)84-52-48-78(100-84)74-44-42-72(96-74)76-46-50-82(98-76)90-68(62-31-23-58(10-4)24-32-62)54-86(102-90)80-40-38-66(94-80)20-18-16-14-8-2/h21-56H,7-20H2,1-6H3. The molecule has 0 amide bonds. The van der Waals surface area contributed by atoms with Crippen LogP contribution < -0.4 is 0 Å². The topological polar surface area (TPSA) is 0 Å². The second kappa shape index (κ2) is 32.8. The molecule has 12 aromatic heterocycles. The van der Waals surface area contributed by atoms with Crippen molar-refractivity contribution in [3.8, 4) is 152 Å². The smallest absolute Gasteiger partial charge is 0.0528 e. The minimum atomic E-state index is 1.02. The van der Waals surface area contributed by atoms with Crippen molar-refractivity contribution in [2.24, 2.45) is 0 Å². The third-order valence-corrected chi connectivity index (χ3v) is 35.2. The second-order valence-electron chi connectivity index (χ2n) is 26.8. The monoisotopic (exact) mass is 1570 g/mol. The summed E-state index contributed by atoms with van der Waals surface area (Å²) < 4.78 is 0. The van der Waals surface area contributed by atoms with Gasteiger partial charge in [0.05, 0.1) is 19.5 Å². The van der Waals surface area contributed by atoms with E-state index in [1.165, 1.54) is 248 Å². The Kier molecular flexibility index (Phi) is 22.5. The summed E-state index contributed by atoms with van der Waals surface area (Å²) in [6, 6.07) is 85.0. The zero-order valence-corrected chi connectivity index (χ0v) is 69.4. The molecule has 522 valence electrons. The molecule has 0 aliphatic rings. The Labute approximate surface area is 662 Å². The van der Waals surface area contributed by atoms with Crippen LogP contribution in [0, 0.1) is 0 Å². The van der Waals surface area contributed by atoms with Crippen LogP contribution in [0.5, 0.6) is 0 Å². The van der Waals surface area contributed by atoms with E-state index in [0.717, 1.165) is 25.7 Å². The van der Waals surface area contributed by atoms with Crippen LogP contribution >= 0.6 is 136 Å². The lowest BCUT2D eigenvalue weighted by molar-refractivity contribution is 0.670.